The summed E-state index contributed by atoms with van der Waals surface area (Å²) in [6, 6.07) is 14.7. The summed E-state index contributed by atoms with van der Waals surface area (Å²) in [7, 11) is 0. The minimum absolute atomic E-state index is 0.259. The summed E-state index contributed by atoms with van der Waals surface area (Å²) in [6.45, 7) is 2.08. The number of fused-ring (bicyclic) bond motifs is 1. The summed E-state index contributed by atoms with van der Waals surface area (Å²) < 4.78 is 11.4. The molecule has 2 N–H and O–H groups in total. The minimum atomic E-state index is -0.435. The van der Waals surface area contributed by atoms with Gasteiger partial charge in [0.15, 0.2) is 12.4 Å². The fraction of sp³-hybridized carbons (Fsp3) is 0.269. The van der Waals surface area contributed by atoms with Gasteiger partial charge in [-0.1, -0.05) is 53.5 Å². The first-order valence-corrected chi connectivity index (χ1v) is 12.1. The van der Waals surface area contributed by atoms with E-state index in [1.54, 1.807) is 12.1 Å². The molecule has 0 spiro atoms. The highest BCUT2D eigenvalue weighted by Crippen LogP contribution is 2.30. The Kier molecular flexibility index (Phi) is 8.10. The monoisotopic (exact) mass is 513 g/mol. The van der Waals surface area contributed by atoms with Gasteiger partial charge in [-0.05, 0) is 49.9 Å². The maximum absolute atomic E-state index is 12.8. The van der Waals surface area contributed by atoms with Crippen LogP contribution in [0, 0.1) is 6.92 Å². The molecule has 2 aromatic carbocycles. The van der Waals surface area contributed by atoms with Gasteiger partial charge in [-0.25, -0.2) is 5.43 Å². The molecule has 0 aliphatic heterocycles. The van der Waals surface area contributed by atoms with Crippen LogP contribution >= 0.6 is 23.2 Å². The molecule has 1 aromatic heterocycles. The van der Waals surface area contributed by atoms with Crippen LogP contribution in [0.5, 0.6) is 5.75 Å². The Morgan fingerprint density at radius 1 is 1.11 bits per heavy atom. The van der Waals surface area contributed by atoms with Crippen molar-refractivity contribution in [3.8, 4) is 5.75 Å². The van der Waals surface area contributed by atoms with E-state index in [4.69, 9.17) is 32.4 Å². The second-order valence-corrected chi connectivity index (χ2v) is 9.00. The molecule has 0 saturated heterocycles. The molecule has 35 heavy (non-hydrogen) atoms. The zero-order chi connectivity index (χ0) is 24.8. The highest BCUT2D eigenvalue weighted by Gasteiger charge is 2.28. The predicted molar refractivity (Wildman–Crippen MR) is 135 cm³/mol. The van der Waals surface area contributed by atoms with E-state index in [1.807, 2.05) is 37.3 Å². The lowest BCUT2D eigenvalue weighted by Gasteiger charge is -2.13. The van der Waals surface area contributed by atoms with Crippen LogP contribution in [0.2, 0.25) is 10.0 Å². The maximum Gasteiger partial charge on any atom is 0.287 e. The molecule has 2 amide bonds. The van der Waals surface area contributed by atoms with E-state index in [2.05, 4.69) is 15.8 Å². The summed E-state index contributed by atoms with van der Waals surface area (Å²) in [5, 5.41) is 8.02. The van der Waals surface area contributed by atoms with Crippen LogP contribution in [-0.4, -0.2) is 30.7 Å². The van der Waals surface area contributed by atoms with Crippen molar-refractivity contribution in [3.05, 3.63) is 86.8 Å². The molecule has 4 rings (SSSR count). The van der Waals surface area contributed by atoms with Crippen molar-refractivity contribution in [3.63, 3.8) is 0 Å². The van der Waals surface area contributed by atoms with Gasteiger partial charge in [0.05, 0.1) is 10.7 Å². The van der Waals surface area contributed by atoms with E-state index in [0.717, 1.165) is 24.0 Å². The summed E-state index contributed by atoms with van der Waals surface area (Å²) >= 11 is 11.9. The van der Waals surface area contributed by atoms with Crippen molar-refractivity contribution >= 4 is 40.7 Å². The lowest BCUT2D eigenvalue weighted by atomic mass is 9.93. The first kappa shape index (κ1) is 24.8. The van der Waals surface area contributed by atoms with Crippen molar-refractivity contribution in [2.24, 2.45) is 5.10 Å². The van der Waals surface area contributed by atoms with Gasteiger partial charge in [-0.2, -0.15) is 5.10 Å². The number of halogens is 2. The third-order valence-electron chi connectivity index (χ3n) is 5.64. The molecule has 0 saturated carbocycles. The van der Waals surface area contributed by atoms with Gasteiger partial charge in [-0.3, -0.25) is 9.59 Å². The van der Waals surface area contributed by atoms with Crippen LogP contribution in [0.1, 0.15) is 45.8 Å². The molecule has 1 heterocycles. The molecule has 9 heteroatoms. The van der Waals surface area contributed by atoms with Gasteiger partial charge >= 0.3 is 0 Å². The van der Waals surface area contributed by atoms with E-state index in [-0.39, 0.29) is 18.3 Å². The maximum atomic E-state index is 12.8. The van der Waals surface area contributed by atoms with Crippen molar-refractivity contribution in [1.82, 2.24) is 10.7 Å². The van der Waals surface area contributed by atoms with Crippen molar-refractivity contribution in [1.29, 1.82) is 0 Å². The Labute approximate surface area is 213 Å². The quantitative estimate of drug-likeness (QED) is 0.409. The number of rotatable bonds is 8. The second-order valence-electron chi connectivity index (χ2n) is 8.16. The van der Waals surface area contributed by atoms with Crippen LogP contribution in [-0.2, 0) is 17.6 Å². The number of ether oxygens (including phenoxy) is 1. The molecule has 182 valence electrons. The number of nitrogens with zero attached hydrogens (tertiary/aromatic N) is 1. The predicted octanol–water partition coefficient (Wildman–Crippen LogP) is 5.10. The molecule has 7 nitrogen and oxygen atoms in total. The zero-order valence-electron chi connectivity index (χ0n) is 19.2. The average Bonchev–Trinajstić information content (AvgIpc) is 3.20. The number of hydrazone groups is 1. The van der Waals surface area contributed by atoms with Gasteiger partial charge in [-0.15, -0.1) is 0 Å². The van der Waals surface area contributed by atoms with E-state index < -0.39 is 5.91 Å². The standard InChI is InChI=1S/C26H25Cl2N3O4/c1-16-24-20(30-31-23(32)15-34-21-11-10-18(27)14-19(21)28)8-5-9-22(24)35-25(16)26(33)29-13-12-17-6-3-2-4-7-17/h2-4,6-7,10-11,14H,5,8-9,12-13,15H2,1H3,(H,29,33)(H,31,32)/b30-20+. The second kappa shape index (κ2) is 11.4. The SMILES string of the molecule is Cc1c(C(=O)NCCc2ccccc2)oc2c1/C(=N/NC(=O)COc1ccc(Cl)cc1Cl)CCC2. The van der Waals surface area contributed by atoms with Gasteiger partial charge in [0.25, 0.3) is 11.8 Å². The van der Waals surface area contributed by atoms with Crippen LogP contribution in [0.15, 0.2) is 58.0 Å². The molecule has 1 aliphatic carbocycles. The summed E-state index contributed by atoms with van der Waals surface area (Å²) in [5.74, 6) is 0.649. The molecule has 0 bridgehead atoms. The number of carbonyl (C=O) groups excluding carboxylic acids is 2. The van der Waals surface area contributed by atoms with Crippen molar-refractivity contribution < 1.29 is 18.7 Å². The summed E-state index contributed by atoms with van der Waals surface area (Å²) in [6.07, 6.45) is 2.90. The van der Waals surface area contributed by atoms with Crippen LogP contribution in [0.4, 0.5) is 0 Å². The number of nitrogens with one attached hydrogen (secondary N) is 2. The van der Waals surface area contributed by atoms with Crippen LogP contribution < -0.4 is 15.5 Å². The third kappa shape index (κ3) is 6.24. The molecule has 3 aromatic rings. The highest BCUT2D eigenvalue weighted by molar-refractivity contribution is 6.35. The normalized spacial score (nSPS) is 13.9. The fourth-order valence-electron chi connectivity index (χ4n) is 3.94. The van der Waals surface area contributed by atoms with E-state index in [1.165, 1.54) is 6.07 Å². The van der Waals surface area contributed by atoms with E-state index in [0.29, 0.717) is 52.2 Å². The summed E-state index contributed by atoms with van der Waals surface area (Å²) in [4.78, 5) is 25.0. The Balaban J connectivity index is 1.38. The Morgan fingerprint density at radius 3 is 2.69 bits per heavy atom. The van der Waals surface area contributed by atoms with Crippen molar-refractivity contribution in [2.45, 2.75) is 32.6 Å². The minimum Gasteiger partial charge on any atom is -0.482 e. The Morgan fingerprint density at radius 2 is 1.91 bits per heavy atom. The van der Waals surface area contributed by atoms with Crippen molar-refractivity contribution in [2.75, 3.05) is 13.2 Å². The number of aryl methyl sites for hydroxylation is 1. The smallest absolute Gasteiger partial charge is 0.287 e. The number of hydrogen-bond donors (Lipinski definition) is 2. The first-order valence-electron chi connectivity index (χ1n) is 11.3. The lowest BCUT2D eigenvalue weighted by Crippen LogP contribution is -2.27. The van der Waals surface area contributed by atoms with E-state index in [9.17, 15) is 9.59 Å². The van der Waals surface area contributed by atoms with Gasteiger partial charge in [0.2, 0.25) is 0 Å². The molecule has 1 aliphatic rings. The molecule has 0 unspecified atom stereocenters. The van der Waals surface area contributed by atoms with Gasteiger partial charge in [0, 0.05) is 29.1 Å². The van der Waals surface area contributed by atoms with Gasteiger partial charge < -0.3 is 14.5 Å². The summed E-state index contributed by atoms with van der Waals surface area (Å²) in [5.41, 5.74) is 5.85. The Bertz CT molecular complexity index is 1250. The molecular formula is C26H25Cl2N3O4. The number of carbonyl (C=O) groups is 2. The number of amides is 2. The molecule has 0 fully saturated rings. The average molecular weight is 514 g/mol. The fourth-order valence-corrected chi connectivity index (χ4v) is 4.40. The first-order chi connectivity index (χ1) is 16.9. The van der Waals surface area contributed by atoms with Crippen LogP contribution in [0.25, 0.3) is 0 Å². The molecule has 0 atom stereocenters. The largest absolute Gasteiger partial charge is 0.482 e. The highest BCUT2D eigenvalue weighted by atomic mass is 35.5. The number of benzene rings is 2. The lowest BCUT2D eigenvalue weighted by molar-refractivity contribution is -0.123. The number of hydrogen-bond acceptors (Lipinski definition) is 5. The third-order valence-corrected chi connectivity index (χ3v) is 6.17. The van der Waals surface area contributed by atoms with E-state index >= 15 is 0 Å². The molecule has 0 radical (unpaired) electrons. The van der Waals surface area contributed by atoms with Gasteiger partial charge in [0.1, 0.15) is 11.5 Å². The Hall–Kier alpha value is -3.29. The zero-order valence-corrected chi connectivity index (χ0v) is 20.7. The number of furan rings is 1. The topological polar surface area (TPSA) is 92.9 Å². The molecular weight excluding hydrogens is 489 g/mol. The van der Waals surface area contributed by atoms with Crippen LogP contribution in [0.3, 0.4) is 0 Å².